The summed E-state index contributed by atoms with van der Waals surface area (Å²) in [6.45, 7) is 6.09. The Kier molecular flexibility index (Phi) is 8.45. The minimum atomic E-state index is -0.0978. The molecule has 0 saturated heterocycles. The van der Waals surface area contributed by atoms with Crippen LogP contribution in [-0.2, 0) is 9.53 Å². The summed E-state index contributed by atoms with van der Waals surface area (Å²) in [6.07, 6.45) is 1.98. The van der Waals surface area contributed by atoms with Gasteiger partial charge in [-0.25, -0.2) is 0 Å². The van der Waals surface area contributed by atoms with Crippen LogP contribution >= 0.6 is 15.9 Å². The van der Waals surface area contributed by atoms with Crippen molar-refractivity contribution in [2.75, 3.05) is 19.8 Å². The molecule has 0 bridgehead atoms. The molecule has 1 unspecified atom stereocenters. The Morgan fingerprint density at radius 3 is 2.77 bits per heavy atom. The summed E-state index contributed by atoms with van der Waals surface area (Å²) in [5.74, 6) is 0.0522. The van der Waals surface area contributed by atoms with Crippen LogP contribution in [-0.4, -0.2) is 30.5 Å². The summed E-state index contributed by atoms with van der Waals surface area (Å²) >= 11 is 3.20. The van der Waals surface area contributed by atoms with Crippen LogP contribution in [0.5, 0.6) is 0 Å². The fraction of sp³-hybridized carbons (Fsp3) is 0.889. The van der Waals surface area contributed by atoms with Gasteiger partial charge in [-0.2, -0.15) is 0 Å². The molecule has 0 aliphatic rings. The van der Waals surface area contributed by atoms with Gasteiger partial charge in [-0.05, 0) is 26.7 Å². The third-order valence-electron chi connectivity index (χ3n) is 1.58. The zero-order valence-electron chi connectivity index (χ0n) is 8.31. The van der Waals surface area contributed by atoms with E-state index in [-0.39, 0.29) is 10.7 Å². The van der Waals surface area contributed by atoms with Crippen molar-refractivity contribution in [3.63, 3.8) is 0 Å². The largest absolute Gasteiger partial charge is 0.382 e. The van der Waals surface area contributed by atoms with Crippen molar-refractivity contribution in [2.45, 2.75) is 31.5 Å². The van der Waals surface area contributed by atoms with Gasteiger partial charge in [0.25, 0.3) is 0 Å². The van der Waals surface area contributed by atoms with Crippen molar-refractivity contribution in [2.24, 2.45) is 0 Å². The predicted molar refractivity (Wildman–Crippen MR) is 57.1 cm³/mol. The molecule has 78 valence electrons. The Hall–Kier alpha value is -0.0900. The maximum Gasteiger partial charge on any atom is 0.233 e. The zero-order valence-corrected chi connectivity index (χ0v) is 9.89. The van der Waals surface area contributed by atoms with E-state index in [1.54, 1.807) is 0 Å². The second-order valence-electron chi connectivity index (χ2n) is 2.81. The minimum Gasteiger partial charge on any atom is -0.382 e. The van der Waals surface area contributed by atoms with E-state index in [2.05, 4.69) is 21.2 Å². The smallest absolute Gasteiger partial charge is 0.233 e. The van der Waals surface area contributed by atoms with Crippen molar-refractivity contribution in [3.8, 4) is 0 Å². The maximum absolute atomic E-state index is 11.0. The number of carbonyl (C=O) groups is 1. The summed E-state index contributed by atoms with van der Waals surface area (Å²) < 4.78 is 5.17. The number of hydrogen-bond acceptors (Lipinski definition) is 2. The standard InChI is InChI=1S/C9H18BrNO2/c1-3-13-7-5-4-6-11-9(12)8(2)10/h8H,3-7H2,1-2H3,(H,11,12). The second-order valence-corrected chi connectivity index (χ2v) is 4.18. The molecule has 1 atom stereocenters. The molecule has 0 spiro atoms. The third kappa shape index (κ3) is 8.25. The first-order chi connectivity index (χ1) is 6.18. The SMILES string of the molecule is CCOCCCCNC(=O)C(C)Br. The molecule has 0 aromatic heterocycles. The van der Waals surface area contributed by atoms with Gasteiger partial charge in [0.05, 0.1) is 4.83 Å². The number of carbonyl (C=O) groups excluding carboxylic acids is 1. The Morgan fingerprint density at radius 2 is 2.23 bits per heavy atom. The lowest BCUT2D eigenvalue weighted by Gasteiger charge is -2.06. The molecule has 0 fully saturated rings. The van der Waals surface area contributed by atoms with Crippen LogP contribution in [0.3, 0.4) is 0 Å². The van der Waals surface area contributed by atoms with Gasteiger partial charge in [-0.15, -0.1) is 0 Å². The fourth-order valence-electron chi connectivity index (χ4n) is 0.826. The van der Waals surface area contributed by atoms with Gasteiger partial charge in [0, 0.05) is 19.8 Å². The van der Waals surface area contributed by atoms with E-state index in [1.807, 2.05) is 13.8 Å². The molecule has 0 saturated carbocycles. The van der Waals surface area contributed by atoms with Crippen molar-refractivity contribution in [1.29, 1.82) is 0 Å². The molecular formula is C9H18BrNO2. The Labute approximate surface area is 88.4 Å². The molecule has 0 rings (SSSR count). The molecule has 0 aromatic carbocycles. The Balaban J connectivity index is 3.12. The summed E-state index contributed by atoms with van der Waals surface area (Å²) in [4.78, 5) is 10.9. The number of amides is 1. The van der Waals surface area contributed by atoms with E-state index in [9.17, 15) is 4.79 Å². The normalized spacial score (nSPS) is 12.5. The molecule has 0 heterocycles. The van der Waals surface area contributed by atoms with Crippen molar-refractivity contribution < 1.29 is 9.53 Å². The highest BCUT2D eigenvalue weighted by Gasteiger charge is 2.05. The first-order valence-corrected chi connectivity index (χ1v) is 5.59. The average molecular weight is 252 g/mol. The lowest BCUT2D eigenvalue weighted by molar-refractivity contribution is -0.120. The first kappa shape index (κ1) is 12.9. The van der Waals surface area contributed by atoms with Gasteiger partial charge in [-0.3, -0.25) is 4.79 Å². The molecule has 3 nitrogen and oxygen atoms in total. The third-order valence-corrected chi connectivity index (χ3v) is 2.00. The number of nitrogens with one attached hydrogen (secondary N) is 1. The van der Waals surface area contributed by atoms with Crippen LogP contribution in [0.1, 0.15) is 26.7 Å². The highest BCUT2D eigenvalue weighted by Crippen LogP contribution is 1.96. The van der Waals surface area contributed by atoms with E-state index in [4.69, 9.17) is 4.74 Å². The van der Waals surface area contributed by atoms with E-state index in [1.165, 1.54) is 0 Å². The highest BCUT2D eigenvalue weighted by molar-refractivity contribution is 9.10. The van der Waals surface area contributed by atoms with Gasteiger partial charge in [0.1, 0.15) is 0 Å². The van der Waals surface area contributed by atoms with Gasteiger partial charge in [-0.1, -0.05) is 15.9 Å². The number of hydrogen-bond donors (Lipinski definition) is 1. The Bertz CT molecular complexity index is 140. The molecule has 0 aromatic rings. The second kappa shape index (κ2) is 8.51. The average Bonchev–Trinajstić information content (AvgIpc) is 2.10. The van der Waals surface area contributed by atoms with Crippen LogP contribution in [0, 0.1) is 0 Å². The lowest BCUT2D eigenvalue weighted by atomic mass is 10.3. The van der Waals surface area contributed by atoms with Gasteiger partial charge in [0.15, 0.2) is 0 Å². The summed E-state index contributed by atoms with van der Waals surface area (Å²) in [5.41, 5.74) is 0. The lowest BCUT2D eigenvalue weighted by Crippen LogP contribution is -2.30. The molecule has 0 aliphatic heterocycles. The zero-order chi connectivity index (χ0) is 10.1. The number of ether oxygens (including phenoxy) is 1. The van der Waals surface area contributed by atoms with Crippen LogP contribution in [0.2, 0.25) is 0 Å². The monoisotopic (exact) mass is 251 g/mol. The van der Waals surface area contributed by atoms with E-state index < -0.39 is 0 Å². The topological polar surface area (TPSA) is 38.3 Å². The minimum absolute atomic E-state index is 0.0522. The Morgan fingerprint density at radius 1 is 1.54 bits per heavy atom. The van der Waals surface area contributed by atoms with Crippen LogP contribution in [0.4, 0.5) is 0 Å². The van der Waals surface area contributed by atoms with Gasteiger partial charge >= 0.3 is 0 Å². The summed E-state index contributed by atoms with van der Waals surface area (Å²) in [7, 11) is 0. The molecule has 1 N–H and O–H groups in total. The molecule has 4 heteroatoms. The first-order valence-electron chi connectivity index (χ1n) is 4.68. The predicted octanol–water partition coefficient (Wildman–Crippen LogP) is 1.70. The van der Waals surface area contributed by atoms with Crippen molar-refractivity contribution in [1.82, 2.24) is 5.32 Å². The van der Waals surface area contributed by atoms with Crippen molar-refractivity contribution in [3.05, 3.63) is 0 Å². The summed E-state index contributed by atoms with van der Waals surface area (Å²) in [5, 5.41) is 2.82. The van der Waals surface area contributed by atoms with Crippen LogP contribution in [0.25, 0.3) is 0 Å². The number of halogens is 1. The number of alkyl halides is 1. The molecule has 0 radical (unpaired) electrons. The van der Waals surface area contributed by atoms with Crippen LogP contribution in [0.15, 0.2) is 0 Å². The summed E-state index contributed by atoms with van der Waals surface area (Å²) in [6, 6.07) is 0. The fourth-order valence-corrected chi connectivity index (χ4v) is 0.988. The van der Waals surface area contributed by atoms with Gasteiger partial charge in [0.2, 0.25) is 5.91 Å². The van der Waals surface area contributed by atoms with E-state index in [0.29, 0.717) is 0 Å². The molecular weight excluding hydrogens is 234 g/mol. The van der Waals surface area contributed by atoms with E-state index >= 15 is 0 Å². The molecule has 13 heavy (non-hydrogen) atoms. The molecule has 1 amide bonds. The van der Waals surface area contributed by atoms with Gasteiger partial charge < -0.3 is 10.1 Å². The van der Waals surface area contributed by atoms with Crippen molar-refractivity contribution >= 4 is 21.8 Å². The van der Waals surface area contributed by atoms with E-state index in [0.717, 1.165) is 32.6 Å². The number of unbranched alkanes of at least 4 members (excludes halogenated alkanes) is 1. The van der Waals surface area contributed by atoms with Crippen LogP contribution < -0.4 is 5.32 Å². The number of rotatable bonds is 7. The quantitative estimate of drug-likeness (QED) is 0.553. The maximum atomic E-state index is 11.0. The highest BCUT2D eigenvalue weighted by atomic mass is 79.9. The molecule has 0 aliphatic carbocycles.